The molecule has 2 aromatic heterocycles. The van der Waals surface area contributed by atoms with Crippen LogP contribution in [0.1, 0.15) is 29.5 Å². The molecule has 1 saturated carbocycles. The van der Waals surface area contributed by atoms with Gasteiger partial charge in [0, 0.05) is 25.1 Å². The van der Waals surface area contributed by atoms with Crippen LogP contribution in [0.4, 0.5) is 4.39 Å². The van der Waals surface area contributed by atoms with E-state index in [0.29, 0.717) is 29.9 Å². The SMILES string of the molecule is Cc1cc2nccc(Oc3ccc(CC(=O)C4(C(=O)Cc5ccc(F)cc5)CC4)cc3)c2nc1Br. The number of halogens is 2. The Bertz CT molecular complexity index is 1430. The molecule has 7 heteroatoms. The summed E-state index contributed by atoms with van der Waals surface area (Å²) in [6.07, 6.45) is 3.15. The Balaban J connectivity index is 1.26. The number of hydrogen-bond donors (Lipinski definition) is 0. The smallest absolute Gasteiger partial charge is 0.156 e. The maximum Gasteiger partial charge on any atom is 0.156 e. The lowest BCUT2D eigenvalue weighted by molar-refractivity contribution is -0.133. The Morgan fingerprint density at radius 1 is 0.971 bits per heavy atom. The first-order valence-corrected chi connectivity index (χ1v) is 12.1. The molecule has 0 aliphatic heterocycles. The summed E-state index contributed by atoms with van der Waals surface area (Å²) in [6.45, 7) is 1.95. The van der Waals surface area contributed by atoms with Crippen LogP contribution in [0.3, 0.4) is 0 Å². The van der Waals surface area contributed by atoms with E-state index in [9.17, 15) is 14.0 Å². The molecule has 1 aliphatic rings. The number of rotatable bonds is 8. The summed E-state index contributed by atoms with van der Waals surface area (Å²) < 4.78 is 19.9. The molecule has 1 fully saturated rings. The second-order valence-electron chi connectivity index (χ2n) is 8.93. The zero-order chi connectivity index (χ0) is 24.6. The monoisotopic (exact) mass is 532 g/mol. The first-order valence-electron chi connectivity index (χ1n) is 11.3. The second-order valence-corrected chi connectivity index (χ2v) is 9.68. The van der Waals surface area contributed by atoms with Gasteiger partial charge in [0.25, 0.3) is 0 Å². The number of pyridine rings is 2. The number of ether oxygens (including phenoxy) is 1. The molecule has 4 aromatic rings. The third-order valence-corrected chi connectivity index (χ3v) is 7.22. The van der Waals surface area contributed by atoms with Crippen LogP contribution in [0, 0.1) is 18.2 Å². The highest BCUT2D eigenvalue weighted by atomic mass is 79.9. The average molecular weight is 533 g/mol. The molecule has 176 valence electrons. The summed E-state index contributed by atoms with van der Waals surface area (Å²) in [5.41, 5.74) is 3.01. The van der Waals surface area contributed by atoms with E-state index in [2.05, 4.69) is 25.9 Å². The molecule has 5 rings (SSSR count). The number of nitrogens with zero attached hydrogens (tertiary/aromatic N) is 2. The summed E-state index contributed by atoms with van der Waals surface area (Å²) in [7, 11) is 0. The van der Waals surface area contributed by atoms with Gasteiger partial charge >= 0.3 is 0 Å². The Kier molecular flexibility index (Phi) is 6.19. The molecule has 35 heavy (non-hydrogen) atoms. The Hall–Kier alpha value is -3.45. The number of aromatic nitrogens is 2. The summed E-state index contributed by atoms with van der Waals surface area (Å²) >= 11 is 3.46. The number of carbonyl (C=O) groups excluding carboxylic acids is 2. The third kappa shape index (κ3) is 4.86. The van der Waals surface area contributed by atoms with Gasteiger partial charge in [-0.25, -0.2) is 9.37 Å². The van der Waals surface area contributed by atoms with E-state index in [1.165, 1.54) is 12.1 Å². The zero-order valence-electron chi connectivity index (χ0n) is 19.1. The van der Waals surface area contributed by atoms with Crippen LogP contribution in [0.2, 0.25) is 0 Å². The number of benzene rings is 2. The highest BCUT2D eigenvalue weighted by Gasteiger charge is 2.54. The number of fused-ring (bicyclic) bond motifs is 1. The quantitative estimate of drug-likeness (QED) is 0.196. The minimum absolute atomic E-state index is 0.0668. The van der Waals surface area contributed by atoms with E-state index in [-0.39, 0.29) is 30.2 Å². The molecule has 0 unspecified atom stereocenters. The van der Waals surface area contributed by atoms with E-state index < -0.39 is 5.41 Å². The Labute approximate surface area is 210 Å². The molecule has 0 saturated heterocycles. The van der Waals surface area contributed by atoms with E-state index in [1.807, 2.05) is 25.1 Å². The first kappa shape index (κ1) is 23.3. The highest BCUT2D eigenvalue weighted by Crippen LogP contribution is 2.48. The van der Waals surface area contributed by atoms with Crippen LogP contribution in [-0.4, -0.2) is 21.5 Å². The van der Waals surface area contributed by atoms with Gasteiger partial charge in [0.2, 0.25) is 0 Å². The highest BCUT2D eigenvalue weighted by molar-refractivity contribution is 9.10. The van der Waals surface area contributed by atoms with Gasteiger partial charge in [-0.15, -0.1) is 0 Å². The van der Waals surface area contributed by atoms with E-state index in [0.717, 1.165) is 26.8 Å². The molecule has 5 nitrogen and oxygen atoms in total. The molecule has 1 aliphatic carbocycles. The van der Waals surface area contributed by atoms with E-state index >= 15 is 0 Å². The van der Waals surface area contributed by atoms with Crippen molar-refractivity contribution >= 4 is 38.5 Å². The molecule has 2 aromatic carbocycles. The number of carbonyl (C=O) groups is 2. The molecule has 0 spiro atoms. The summed E-state index contributed by atoms with van der Waals surface area (Å²) in [4.78, 5) is 34.8. The van der Waals surface area contributed by atoms with Crippen molar-refractivity contribution in [3.8, 4) is 11.5 Å². The van der Waals surface area contributed by atoms with Crippen molar-refractivity contribution in [3.63, 3.8) is 0 Å². The molecule has 0 amide bonds. The second kappa shape index (κ2) is 9.30. The minimum Gasteiger partial charge on any atom is -0.455 e. The predicted molar refractivity (Wildman–Crippen MR) is 134 cm³/mol. The van der Waals surface area contributed by atoms with Crippen molar-refractivity contribution in [1.82, 2.24) is 9.97 Å². The van der Waals surface area contributed by atoms with Crippen LogP contribution in [0.5, 0.6) is 11.5 Å². The van der Waals surface area contributed by atoms with Gasteiger partial charge in [-0.3, -0.25) is 14.6 Å². The van der Waals surface area contributed by atoms with Crippen molar-refractivity contribution in [2.75, 3.05) is 0 Å². The largest absolute Gasteiger partial charge is 0.455 e. The molecular formula is C28H22BrFN2O3. The zero-order valence-corrected chi connectivity index (χ0v) is 20.6. The van der Waals surface area contributed by atoms with Gasteiger partial charge in [-0.05, 0) is 82.7 Å². The van der Waals surface area contributed by atoms with Gasteiger partial charge in [0.05, 0.1) is 10.9 Å². The molecule has 0 atom stereocenters. The van der Waals surface area contributed by atoms with Gasteiger partial charge in [0.15, 0.2) is 17.3 Å². The maximum atomic E-state index is 13.1. The fraction of sp³-hybridized carbons (Fsp3) is 0.214. The number of hydrogen-bond acceptors (Lipinski definition) is 5. The summed E-state index contributed by atoms with van der Waals surface area (Å²) in [5, 5.41) is 0. The van der Waals surface area contributed by atoms with Crippen LogP contribution in [0.15, 0.2) is 71.5 Å². The topological polar surface area (TPSA) is 69.2 Å². The van der Waals surface area contributed by atoms with Crippen LogP contribution in [-0.2, 0) is 22.4 Å². The van der Waals surface area contributed by atoms with Crippen molar-refractivity contribution in [1.29, 1.82) is 0 Å². The van der Waals surface area contributed by atoms with Crippen molar-refractivity contribution < 1.29 is 18.7 Å². The lowest BCUT2D eigenvalue weighted by Gasteiger charge is -2.14. The molecule has 0 N–H and O–H groups in total. The number of Topliss-reactive ketones (excluding diaryl/α,β-unsaturated/α-hetero) is 2. The Morgan fingerprint density at radius 2 is 1.57 bits per heavy atom. The minimum atomic E-state index is -0.906. The third-order valence-electron chi connectivity index (χ3n) is 6.42. The van der Waals surface area contributed by atoms with E-state index in [1.54, 1.807) is 36.5 Å². The van der Waals surface area contributed by atoms with Crippen LogP contribution >= 0.6 is 15.9 Å². The lowest BCUT2D eigenvalue weighted by atomic mass is 9.88. The number of aryl methyl sites for hydroxylation is 1. The van der Waals surface area contributed by atoms with Crippen molar-refractivity contribution in [2.24, 2.45) is 5.41 Å². The van der Waals surface area contributed by atoms with Gasteiger partial charge < -0.3 is 4.74 Å². The van der Waals surface area contributed by atoms with Crippen LogP contribution < -0.4 is 4.74 Å². The molecule has 0 radical (unpaired) electrons. The lowest BCUT2D eigenvalue weighted by Crippen LogP contribution is -2.28. The van der Waals surface area contributed by atoms with Crippen LogP contribution in [0.25, 0.3) is 11.0 Å². The average Bonchev–Trinajstić information content (AvgIpc) is 3.65. The molecular weight excluding hydrogens is 511 g/mol. The molecule has 2 heterocycles. The Morgan fingerprint density at radius 3 is 2.17 bits per heavy atom. The van der Waals surface area contributed by atoms with Gasteiger partial charge in [-0.1, -0.05) is 24.3 Å². The van der Waals surface area contributed by atoms with Crippen molar-refractivity contribution in [3.05, 3.63) is 94.0 Å². The van der Waals surface area contributed by atoms with Gasteiger partial charge in [0.1, 0.15) is 21.7 Å². The fourth-order valence-electron chi connectivity index (χ4n) is 4.15. The fourth-order valence-corrected chi connectivity index (χ4v) is 4.45. The maximum absolute atomic E-state index is 13.1. The first-order chi connectivity index (χ1) is 16.8. The van der Waals surface area contributed by atoms with Gasteiger partial charge in [-0.2, -0.15) is 0 Å². The van der Waals surface area contributed by atoms with E-state index in [4.69, 9.17) is 4.74 Å². The number of ketones is 2. The predicted octanol–water partition coefficient (Wildman–Crippen LogP) is 6.34. The summed E-state index contributed by atoms with van der Waals surface area (Å²) in [5.74, 6) is 0.695. The summed E-state index contributed by atoms with van der Waals surface area (Å²) in [6, 6.07) is 16.8. The standard InChI is InChI=1S/C28H22BrFN2O3/c1-17-14-22-26(32-27(17)29)23(10-13-31-22)35-21-8-4-19(5-9-21)16-25(34)28(11-12-28)24(33)15-18-2-6-20(30)7-3-18/h2-10,13-14H,11-12,15-16H2,1H3. The molecule has 0 bridgehead atoms. The normalized spacial score (nSPS) is 14.0. The van der Waals surface area contributed by atoms with Crippen molar-refractivity contribution in [2.45, 2.75) is 32.6 Å².